The first-order valence-corrected chi connectivity index (χ1v) is 10.7. The van der Waals surface area contributed by atoms with Crippen molar-refractivity contribution in [1.29, 1.82) is 0 Å². The summed E-state index contributed by atoms with van der Waals surface area (Å²) in [7, 11) is 1.53. The molecule has 29 heavy (non-hydrogen) atoms. The monoisotopic (exact) mass is 500 g/mol. The highest BCUT2D eigenvalue weighted by Crippen LogP contribution is 2.27. The molecule has 0 saturated heterocycles. The Kier molecular flexibility index (Phi) is 8.80. The molecular weight excluding hydrogens is 479 g/mol. The highest BCUT2D eigenvalue weighted by molar-refractivity contribution is 9.10. The van der Waals surface area contributed by atoms with E-state index >= 15 is 0 Å². The number of likely N-dealkylation sites (N-methyl/N-ethyl adjacent to an activating group) is 1. The van der Waals surface area contributed by atoms with Crippen LogP contribution in [0.2, 0.25) is 10.0 Å². The molecule has 0 aliphatic heterocycles. The van der Waals surface area contributed by atoms with Gasteiger partial charge in [0.15, 0.2) is 6.61 Å². The highest BCUT2D eigenvalue weighted by atomic mass is 79.9. The number of nitrogens with one attached hydrogen (secondary N) is 1. The maximum absolute atomic E-state index is 12.9. The van der Waals surface area contributed by atoms with E-state index in [9.17, 15) is 9.59 Å². The molecule has 0 heterocycles. The van der Waals surface area contributed by atoms with Crippen LogP contribution in [0.15, 0.2) is 40.9 Å². The third-order valence-electron chi connectivity index (χ3n) is 4.51. The van der Waals surface area contributed by atoms with E-state index in [0.29, 0.717) is 15.8 Å². The molecule has 0 saturated carbocycles. The fourth-order valence-electron chi connectivity index (χ4n) is 2.73. The number of nitrogens with zero attached hydrogens (tertiary/aromatic N) is 1. The van der Waals surface area contributed by atoms with Gasteiger partial charge in [-0.05, 0) is 64.7 Å². The van der Waals surface area contributed by atoms with Crippen LogP contribution in [0.1, 0.15) is 25.0 Å². The molecule has 1 N–H and O–H groups in total. The van der Waals surface area contributed by atoms with E-state index in [1.807, 2.05) is 18.2 Å². The fourth-order valence-corrected chi connectivity index (χ4v) is 3.59. The van der Waals surface area contributed by atoms with Gasteiger partial charge in [0, 0.05) is 13.6 Å². The molecule has 2 aromatic rings. The largest absolute Gasteiger partial charge is 0.483 e. The lowest BCUT2D eigenvalue weighted by atomic mass is 10.1. The summed E-state index contributed by atoms with van der Waals surface area (Å²) in [6, 6.07) is 10.2. The number of ether oxygens (including phenoxy) is 1. The van der Waals surface area contributed by atoms with Gasteiger partial charge < -0.3 is 15.0 Å². The predicted octanol–water partition coefficient (Wildman–Crippen LogP) is 4.86. The van der Waals surface area contributed by atoms with Crippen molar-refractivity contribution in [3.05, 3.63) is 62.0 Å². The number of rotatable bonds is 8. The van der Waals surface area contributed by atoms with Gasteiger partial charge in [0.2, 0.25) is 5.91 Å². The first-order chi connectivity index (χ1) is 13.8. The molecule has 0 aliphatic rings. The maximum Gasteiger partial charge on any atom is 0.261 e. The number of hydrogen-bond donors (Lipinski definition) is 1. The standard InChI is InChI=1S/C21H23BrCl2N2O3/c1-4-14-6-8-19(16(22)9-14)29-12-20(27)26(13(2)21(28)25-3)11-15-5-7-17(23)18(24)10-15/h5-10,13H,4,11-12H2,1-3H3,(H,25,28). The van der Waals surface area contributed by atoms with Crippen LogP contribution in [0.3, 0.4) is 0 Å². The van der Waals surface area contributed by atoms with Crippen LogP contribution in [0, 0.1) is 0 Å². The smallest absolute Gasteiger partial charge is 0.261 e. The number of carbonyl (C=O) groups is 2. The number of amides is 2. The van der Waals surface area contributed by atoms with Gasteiger partial charge in [0.25, 0.3) is 5.91 Å². The van der Waals surface area contributed by atoms with Crippen LogP contribution in [0.4, 0.5) is 0 Å². The van der Waals surface area contributed by atoms with Crippen molar-refractivity contribution in [3.8, 4) is 5.75 Å². The van der Waals surface area contributed by atoms with E-state index in [1.54, 1.807) is 25.1 Å². The van der Waals surface area contributed by atoms with Gasteiger partial charge >= 0.3 is 0 Å². The van der Waals surface area contributed by atoms with E-state index in [2.05, 4.69) is 28.2 Å². The second-order valence-corrected chi connectivity index (χ2v) is 8.14. The third kappa shape index (κ3) is 6.36. The Hall–Kier alpha value is -1.76. The number of aryl methyl sites for hydroxylation is 1. The van der Waals surface area contributed by atoms with E-state index in [0.717, 1.165) is 22.0 Å². The maximum atomic E-state index is 12.9. The minimum atomic E-state index is -0.684. The topological polar surface area (TPSA) is 58.6 Å². The highest BCUT2D eigenvalue weighted by Gasteiger charge is 2.26. The Balaban J connectivity index is 2.17. The molecule has 1 unspecified atom stereocenters. The second-order valence-electron chi connectivity index (χ2n) is 6.47. The van der Waals surface area contributed by atoms with E-state index < -0.39 is 6.04 Å². The lowest BCUT2D eigenvalue weighted by molar-refractivity contribution is -0.142. The lowest BCUT2D eigenvalue weighted by Crippen LogP contribution is -2.48. The van der Waals surface area contributed by atoms with Crippen molar-refractivity contribution in [3.63, 3.8) is 0 Å². The summed E-state index contributed by atoms with van der Waals surface area (Å²) in [6.45, 7) is 3.73. The molecule has 2 rings (SSSR count). The lowest BCUT2D eigenvalue weighted by Gasteiger charge is -2.28. The number of hydrogen-bond acceptors (Lipinski definition) is 3. The van der Waals surface area contributed by atoms with Gasteiger partial charge in [-0.2, -0.15) is 0 Å². The third-order valence-corrected chi connectivity index (χ3v) is 5.87. The van der Waals surface area contributed by atoms with Crippen LogP contribution < -0.4 is 10.1 Å². The Bertz CT molecular complexity index is 892. The Morgan fingerprint density at radius 1 is 1.14 bits per heavy atom. The zero-order chi connectivity index (χ0) is 21.6. The number of carbonyl (C=O) groups excluding carboxylic acids is 2. The fraction of sp³-hybridized carbons (Fsp3) is 0.333. The second kappa shape index (κ2) is 10.9. The molecule has 5 nitrogen and oxygen atoms in total. The summed E-state index contributed by atoms with van der Waals surface area (Å²) in [6.07, 6.45) is 0.902. The van der Waals surface area contributed by atoms with Crippen LogP contribution in [-0.2, 0) is 22.6 Å². The van der Waals surface area contributed by atoms with Crippen LogP contribution in [0.5, 0.6) is 5.75 Å². The Morgan fingerprint density at radius 2 is 1.83 bits per heavy atom. The van der Waals surface area contributed by atoms with Gasteiger partial charge in [-0.25, -0.2) is 0 Å². The molecule has 0 fully saturated rings. The minimum Gasteiger partial charge on any atom is -0.483 e. The van der Waals surface area contributed by atoms with E-state index in [-0.39, 0.29) is 25.0 Å². The number of halogens is 3. The summed E-state index contributed by atoms with van der Waals surface area (Å²) in [4.78, 5) is 26.5. The van der Waals surface area contributed by atoms with Crippen LogP contribution in [0.25, 0.3) is 0 Å². The molecule has 1 atom stereocenters. The summed E-state index contributed by atoms with van der Waals surface area (Å²) in [5, 5.41) is 3.39. The van der Waals surface area contributed by atoms with Crippen molar-refractivity contribution in [1.82, 2.24) is 10.2 Å². The first-order valence-electron chi connectivity index (χ1n) is 9.13. The molecule has 2 amide bonds. The zero-order valence-electron chi connectivity index (χ0n) is 16.5. The van der Waals surface area contributed by atoms with Crippen molar-refractivity contribution < 1.29 is 14.3 Å². The first kappa shape index (κ1) is 23.5. The summed E-state index contributed by atoms with van der Waals surface area (Å²) in [5.41, 5.74) is 1.92. The summed E-state index contributed by atoms with van der Waals surface area (Å²) >= 11 is 15.5. The van der Waals surface area contributed by atoms with E-state index in [4.69, 9.17) is 27.9 Å². The zero-order valence-corrected chi connectivity index (χ0v) is 19.6. The molecule has 0 radical (unpaired) electrons. The molecule has 0 spiro atoms. The molecule has 156 valence electrons. The Morgan fingerprint density at radius 3 is 2.41 bits per heavy atom. The van der Waals surface area contributed by atoms with Crippen LogP contribution >= 0.6 is 39.1 Å². The SMILES string of the molecule is CCc1ccc(OCC(=O)N(Cc2ccc(Cl)c(Cl)c2)C(C)C(=O)NC)c(Br)c1. The van der Waals surface area contributed by atoms with Gasteiger partial charge in [-0.3, -0.25) is 9.59 Å². The molecular formula is C21H23BrCl2N2O3. The predicted molar refractivity (Wildman–Crippen MR) is 120 cm³/mol. The molecule has 0 bridgehead atoms. The summed E-state index contributed by atoms with van der Waals surface area (Å²) in [5.74, 6) is -0.0248. The van der Waals surface area contributed by atoms with Crippen molar-refractivity contribution >= 4 is 50.9 Å². The van der Waals surface area contributed by atoms with Crippen LogP contribution in [-0.4, -0.2) is 36.4 Å². The van der Waals surface area contributed by atoms with Gasteiger partial charge in [0.05, 0.1) is 14.5 Å². The van der Waals surface area contributed by atoms with Crippen molar-refractivity contribution in [2.45, 2.75) is 32.9 Å². The van der Waals surface area contributed by atoms with Gasteiger partial charge in [-0.1, -0.05) is 42.3 Å². The van der Waals surface area contributed by atoms with Gasteiger partial charge in [-0.15, -0.1) is 0 Å². The normalized spacial score (nSPS) is 11.7. The average molecular weight is 502 g/mol. The Labute approximate surface area is 189 Å². The average Bonchev–Trinajstić information content (AvgIpc) is 2.72. The number of benzene rings is 2. The minimum absolute atomic E-state index is 0.198. The van der Waals surface area contributed by atoms with Crippen molar-refractivity contribution in [2.75, 3.05) is 13.7 Å². The van der Waals surface area contributed by atoms with E-state index in [1.165, 1.54) is 11.9 Å². The van der Waals surface area contributed by atoms with Gasteiger partial charge in [0.1, 0.15) is 11.8 Å². The quantitative estimate of drug-likeness (QED) is 0.561. The molecule has 2 aromatic carbocycles. The van der Waals surface area contributed by atoms with Crippen molar-refractivity contribution in [2.24, 2.45) is 0 Å². The molecule has 0 aromatic heterocycles. The summed E-state index contributed by atoms with van der Waals surface area (Å²) < 4.78 is 6.48. The molecule has 8 heteroatoms. The molecule has 0 aliphatic carbocycles.